The Hall–Kier alpha value is -4.25. The van der Waals surface area contributed by atoms with Crippen LogP contribution in [0.2, 0.25) is 0 Å². The van der Waals surface area contributed by atoms with Crippen molar-refractivity contribution in [2.45, 2.75) is 78.0 Å². The van der Waals surface area contributed by atoms with Crippen LogP contribution < -0.4 is 4.74 Å². The van der Waals surface area contributed by atoms with Crippen molar-refractivity contribution in [1.82, 2.24) is 0 Å². The fraction of sp³-hybridized carbons (Fsp3) is 0.433. The summed E-state index contributed by atoms with van der Waals surface area (Å²) in [6, 6.07) is 14.6. The van der Waals surface area contributed by atoms with Gasteiger partial charge < -0.3 is 28.4 Å². The Morgan fingerprint density at radius 2 is 1.27 bits per heavy atom. The first-order valence-electron chi connectivity index (χ1n) is 13.2. The number of hydrogen-bond acceptors (Lipinski definition) is 11. The van der Waals surface area contributed by atoms with Crippen molar-refractivity contribution in [1.29, 1.82) is 0 Å². The second kappa shape index (κ2) is 14.4. The molecule has 11 nitrogen and oxygen atoms in total. The highest BCUT2D eigenvalue weighted by Crippen LogP contribution is 2.32. The summed E-state index contributed by atoms with van der Waals surface area (Å²) >= 11 is 0. The normalized spacial score (nSPS) is 21.7. The van der Waals surface area contributed by atoms with Crippen molar-refractivity contribution in [2.75, 3.05) is 6.61 Å². The van der Waals surface area contributed by atoms with Gasteiger partial charge in [0.1, 0.15) is 24.6 Å². The molecule has 1 aliphatic heterocycles. The lowest BCUT2D eigenvalue weighted by Crippen LogP contribution is -2.62. The van der Waals surface area contributed by atoms with E-state index in [1.54, 1.807) is 25.1 Å². The largest absolute Gasteiger partial charge is 0.463 e. The molecule has 0 N–H and O–H groups in total. The standard InChI is InChI=1S/C30H34O11/c1-6-27(35)40-24-12-8-11-23(15-24)22-10-7-9-21(13-22)14-25-28(37-18(3)32)30(39-20(5)34)29(38-19(4)33)26(41-25)16-36-17(2)31/h7-13,15,25-26,28-30H,6,14,16H2,1-5H3/t25-,26+,28+,29+,30+/m0/s1. The minimum absolute atomic E-state index is 0.192. The van der Waals surface area contributed by atoms with Crippen molar-refractivity contribution in [2.24, 2.45) is 0 Å². The van der Waals surface area contributed by atoms with Gasteiger partial charge in [0.15, 0.2) is 18.3 Å². The molecule has 0 unspecified atom stereocenters. The Labute approximate surface area is 238 Å². The number of rotatable bonds is 10. The Kier molecular flexibility index (Phi) is 11.0. The quantitative estimate of drug-likeness (QED) is 0.236. The maximum atomic E-state index is 12.1. The summed E-state index contributed by atoms with van der Waals surface area (Å²) in [6.45, 7) is 6.19. The van der Waals surface area contributed by atoms with Gasteiger partial charge in [-0.05, 0) is 28.8 Å². The van der Waals surface area contributed by atoms with Gasteiger partial charge >= 0.3 is 29.8 Å². The molecule has 1 aliphatic rings. The second-order valence-electron chi connectivity index (χ2n) is 9.50. The molecule has 1 saturated heterocycles. The maximum absolute atomic E-state index is 12.1. The molecule has 0 radical (unpaired) electrons. The second-order valence-corrected chi connectivity index (χ2v) is 9.50. The van der Waals surface area contributed by atoms with E-state index in [9.17, 15) is 24.0 Å². The van der Waals surface area contributed by atoms with Gasteiger partial charge in [-0.25, -0.2) is 0 Å². The predicted octanol–water partition coefficient (Wildman–Crippen LogP) is 3.34. The molecule has 1 fully saturated rings. The maximum Gasteiger partial charge on any atom is 0.310 e. The summed E-state index contributed by atoms with van der Waals surface area (Å²) in [4.78, 5) is 59.4. The Balaban J connectivity index is 1.96. The van der Waals surface area contributed by atoms with Crippen molar-refractivity contribution in [3.05, 3.63) is 54.1 Å². The van der Waals surface area contributed by atoms with Crippen LogP contribution >= 0.6 is 0 Å². The van der Waals surface area contributed by atoms with E-state index in [4.69, 9.17) is 28.4 Å². The highest BCUT2D eigenvalue weighted by Gasteiger charge is 2.51. The minimum Gasteiger partial charge on any atom is -0.463 e. The molecule has 0 amide bonds. The van der Waals surface area contributed by atoms with E-state index in [0.717, 1.165) is 16.7 Å². The summed E-state index contributed by atoms with van der Waals surface area (Å²) in [5, 5.41) is 0. The van der Waals surface area contributed by atoms with Crippen LogP contribution in [0.25, 0.3) is 11.1 Å². The van der Waals surface area contributed by atoms with Gasteiger partial charge in [-0.15, -0.1) is 0 Å². The molecular weight excluding hydrogens is 536 g/mol. The minimum atomic E-state index is -1.23. The van der Waals surface area contributed by atoms with E-state index >= 15 is 0 Å². The van der Waals surface area contributed by atoms with Crippen LogP contribution in [0.3, 0.4) is 0 Å². The molecule has 11 heteroatoms. The van der Waals surface area contributed by atoms with Gasteiger partial charge in [-0.1, -0.05) is 43.3 Å². The summed E-state index contributed by atoms with van der Waals surface area (Å²) in [7, 11) is 0. The zero-order chi connectivity index (χ0) is 30.1. The van der Waals surface area contributed by atoms with Crippen LogP contribution in [0.4, 0.5) is 0 Å². The predicted molar refractivity (Wildman–Crippen MR) is 143 cm³/mol. The monoisotopic (exact) mass is 570 g/mol. The zero-order valence-electron chi connectivity index (χ0n) is 23.6. The van der Waals surface area contributed by atoms with E-state index in [1.807, 2.05) is 30.3 Å². The molecular formula is C30H34O11. The average molecular weight is 571 g/mol. The lowest BCUT2D eigenvalue weighted by molar-refractivity contribution is -0.252. The molecule has 0 spiro atoms. The van der Waals surface area contributed by atoms with Crippen LogP contribution in [0.5, 0.6) is 5.75 Å². The first-order chi connectivity index (χ1) is 19.5. The topological polar surface area (TPSA) is 141 Å². The summed E-state index contributed by atoms with van der Waals surface area (Å²) in [5.74, 6) is -2.56. The highest BCUT2D eigenvalue weighted by atomic mass is 16.7. The van der Waals surface area contributed by atoms with Gasteiger partial charge in [0.25, 0.3) is 0 Å². The Bertz CT molecular complexity index is 1270. The fourth-order valence-corrected chi connectivity index (χ4v) is 4.54. The van der Waals surface area contributed by atoms with E-state index < -0.39 is 54.4 Å². The highest BCUT2D eigenvalue weighted by molar-refractivity contribution is 5.73. The molecule has 0 aliphatic carbocycles. The number of ether oxygens (including phenoxy) is 6. The van der Waals surface area contributed by atoms with Gasteiger partial charge in [0.2, 0.25) is 0 Å². The third-order valence-electron chi connectivity index (χ3n) is 6.14. The van der Waals surface area contributed by atoms with Crippen molar-refractivity contribution in [3.63, 3.8) is 0 Å². The molecule has 3 rings (SSSR count). The molecule has 0 aromatic heterocycles. The van der Waals surface area contributed by atoms with Crippen molar-refractivity contribution < 1.29 is 52.4 Å². The molecule has 2 aromatic rings. The molecule has 220 valence electrons. The van der Waals surface area contributed by atoms with Crippen LogP contribution in [0, 0.1) is 0 Å². The Morgan fingerprint density at radius 3 is 1.85 bits per heavy atom. The number of hydrogen-bond donors (Lipinski definition) is 0. The summed E-state index contributed by atoms with van der Waals surface area (Å²) < 4.78 is 33.2. The SMILES string of the molecule is CCC(=O)Oc1cccc(-c2cccc(C[C@@H]3O[C@H](COC(C)=O)[C@@H](OC(C)=O)[C@H](OC(C)=O)[C@@H]3OC(C)=O)c2)c1. The smallest absolute Gasteiger partial charge is 0.310 e. The van der Waals surface area contributed by atoms with E-state index in [1.165, 1.54) is 27.7 Å². The Morgan fingerprint density at radius 1 is 0.707 bits per heavy atom. The number of carbonyl (C=O) groups is 5. The van der Waals surface area contributed by atoms with Crippen LogP contribution in [0.15, 0.2) is 48.5 Å². The van der Waals surface area contributed by atoms with Gasteiger partial charge in [-0.3, -0.25) is 24.0 Å². The lowest BCUT2D eigenvalue weighted by Gasteiger charge is -2.44. The summed E-state index contributed by atoms with van der Waals surface area (Å²) in [6.07, 6.45) is -5.04. The van der Waals surface area contributed by atoms with Gasteiger partial charge in [0.05, 0.1) is 0 Å². The molecule has 41 heavy (non-hydrogen) atoms. The first kappa shape index (κ1) is 31.3. The van der Waals surface area contributed by atoms with Gasteiger partial charge in [-0.2, -0.15) is 0 Å². The average Bonchev–Trinajstić information content (AvgIpc) is 2.90. The third kappa shape index (κ3) is 9.14. The van der Waals surface area contributed by atoms with Crippen LogP contribution in [-0.2, 0) is 54.1 Å². The van der Waals surface area contributed by atoms with Crippen LogP contribution in [-0.4, -0.2) is 67.0 Å². The van der Waals surface area contributed by atoms with Crippen LogP contribution in [0.1, 0.15) is 46.6 Å². The zero-order valence-corrected chi connectivity index (χ0v) is 23.6. The molecule has 1 heterocycles. The van der Waals surface area contributed by atoms with Crippen molar-refractivity contribution in [3.8, 4) is 16.9 Å². The van der Waals surface area contributed by atoms with E-state index in [0.29, 0.717) is 5.75 Å². The first-order valence-corrected chi connectivity index (χ1v) is 13.2. The van der Waals surface area contributed by atoms with E-state index in [2.05, 4.69) is 0 Å². The molecule has 5 atom stereocenters. The molecule has 0 saturated carbocycles. The molecule has 0 bridgehead atoms. The van der Waals surface area contributed by atoms with Crippen molar-refractivity contribution >= 4 is 29.8 Å². The number of esters is 5. The number of carbonyl (C=O) groups excluding carboxylic acids is 5. The summed E-state index contributed by atoms with van der Waals surface area (Å²) in [5.41, 5.74) is 2.40. The number of benzene rings is 2. The van der Waals surface area contributed by atoms with E-state index in [-0.39, 0.29) is 25.4 Å². The fourth-order valence-electron chi connectivity index (χ4n) is 4.54. The molecule has 2 aromatic carbocycles. The lowest BCUT2D eigenvalue weighted by atomic mass is 9.90. The van der Waals surface area contributed by atoms with Gasteiger partial charge in [0, 0.05) is 40.5 Å². The third-order valence-corrected chi connectivity index (χ3v) is 6.14.